The van der Waals surface area contributed by atoms with E-state index in [1.165, 1.54) is 24.0 Å². The maximum absolute atomic E-state index is 13.6. The number of aryl methyl sites for hydroxylation is 1. The van der Waals surface area contributed by atoms with Gasteiger partial charge >= 0.3 is 0 Å². The van der Waals surface area contributed by atoms with Crippen molar-refractivity contribution >= 4 is 37.6 Å². The number of aromatic nitrogens is 6. The summed E-state index contributed by atoms with van der Waals surface area (Å²) in [6.07, 6.45) is 5.78. The minimum absolute atomic E-state index is 0.0788. The van der Waals surface area contributed by atoms with Crippen LogP contribution in [-0.4, -0.2) is 61.3 Å². The summed E-state index contributed by atoms with van der Waals surface area (Å²) in [5.41, 5.74) is 3.64. The van der Waals surface area contributed by atoms with Gasteiger partial charge in [0, 0.05) is 37.3 Å². The van der Waals surface area contributed by atoms with Crippen LogP contribution in [0.15, 0.2) is 53.3 Å². The summed E-state index contributed by atoms with van der Waals surface area (Å²) in [5.74, 6) is 0.771. The lowest BCUT2D eigenvalue weighted by Gasteiger charge is -2.39. The van der Waals surface area contributed by atoms with Crippen LogP contribution < -0.4 is 10.5 Å². The van der Waals surface area contributed by atoms with E-state index in [0.717, 1.165) is 72.0 Å². The van der Waals surface area contributed by atoms with Crippen molar-refractivity contribution in [1.29, 1.82) is 0 Å². The summed E-state index contributed by atoms with van der Waals surface area (Å²) in [6.45, 7) is 5.25. The summed E-state index contributed by atoms with van der Waals surface area (Å²) >= 11 is 1.74. The fourth-order valence-electron chi connectivity index (χ4n) is 6.17. The summed E-state index contributed by atoms with van der Waals surface area (Å²) in [4.78, 5) is 26.4. The molecule has 1 aliphatic heterocycles. The van der Waals surface area contributed by atoms with Crippen molar-refractivity contribution in [3.05, 3.63) is 75.8 Å². The molecule has 7 rings (SSSR count). The summed E-state index contributed by atoms with van der Waals surface area (Å²) in [6, 6.07) is 16.5. The Bertz CT molecular complexity index is 1640. The van der Waals surface area contributed by atoms with E-state index in [1.807, 2.05) is 29.8 Å². The van der Waals surface area contributed by atoms with Crippen LogP contribution in [0.4, 0.5) is 5.13 Å². The first-order valence-corrected chi connectivity index (χ1v) is 14.7. The molecule has 200 valence electrons. The predicted octanol–water partition coefficient (Wildman–Crippen LogP) is 4.85. The van der Waals surface area contributed by atoms with Gasteiger partial charge in [-0.2, -0.15) is 0 Å². The number of thiazole rings is 1. The molecule has 1 saturated carbocycles. The van der Waals surface area contributed by atoms with Gasteiger partial charge in [-0.3, -0.25) is 9.69 Å². The van der Waals surface area contributed by atoms with Crippen LogP contribution in [0.3, 0.4) is 0 Å². The van der Waals surface area contributed by atoms with Crippen LogP contribution in [0.5, 0.6) is 0 Å². The van der Waals surface area contributed by atoms with Crippen molar-refractivity contribution in [3.63, 3.8) is 0 Å². The number of rotatable bonds is 5. The quantitative estimate of drug-likeness (QED) is 0.340. The lowest BCUT2D eigenvalue weighted by Crippen LogP contribution is -2.49. The molecule has 0 radical (unpaired) electrons. The van der Waals surface area contributed by atoms with Crippen molar-refractivity contribution in [2.24, 2.45) is 0 Å². The Hall–Kier alpha value is -3.63. The molecular weight excluding hydrogens is 508 g/mol. The maximum Gasteiger partial charge on any atom is 0.253 e. The molecule has 2 fully saturated rings. The monoisotopic (exact) mass is 540 g/mol. The first kappa shape index (κ1) is 24.4. The third-order valence-electron chi connectivity index (χ3n) is 8.24. The van der Waals surface area contributed by atoms with Gasteiger partial charge in [0.2, 0.25) is 0 Å². The topological polar surface area (TPSA) is 95.8 Å². The lowest BCUT2D eigenvalue weighted by atomic mass is 9.95. The number of nitrogens with zero attached hydrogens (tertiary/aromatic N) is 7. The van der Waals surface area contributed by atoms with E-state index in [1.54, 1.807) is 11.3 Å². The number of para-hydroxylation sites is 1. The number of fused-ring (bicyclic) bond motifs is 2. The highest BCUT2D eigenvalue weighted by Crippen LogP contribution is 2.35. The Balaban J connectivity index is 1.25. The molecule has 9 nitrogen and oxygen atoms in total. The number of aromatic amines is 1. The Labute approximate surface area is 230 Å². The lowest BCUT2D eigenvalue weighted by molar-refractivity contribution is 0.192. The molecule has 1 N–H and O–H groups in total. The van der Waals surface area contributed by atoms with Crippen LogP contribution in [0.1, 0.15) is 61.1 Å². The molecule has 5 aromatic rings. The van der Waals surface area contributed by atoms with E-state index in [9.17, 15) is 4.79 Å². The van der Waals surface area contributed by atoms with Crippen LogP contribution in [0, 0.1) is 6.92 Å². The number of tetrazole rings is 1. The zero-order valence-corrected chi connectivity index (χ0v) is 22.9. The minimum atomic E-state index is -0.325. The third kappa shape index (κ3) is 4.61. The van der Waals surface area contributed by atoms with Crippen LogP contribution in [0.25, 0.3) is 21.1 Å². The largest absolute Gasteiger partial charge is 0.345 e. The second-order valence-electron chi connectivity index (χ2n) is 10.8. The second-order valence-corrected chi connectivity index (χ2v) is 11.8. The van der Waals surface area contributed by atoms with Gasteiger partial charge in [-0.15, -0.1) is 5.10 Å². The van der Waals surface area contributed by atoms with Gasteiger partial charge in [0.1, 0.15) is 6.04 Å². The average molecular weight is 541 g/mol. The Morgan fingerprint density at radius 1 is 1.00 bits per heavy atom. The van der Waals surface area contributed by atoms with Crippen LogP contribution in [-0.2, 0) is 0 Å². The molecule has 4 heterocycles. The van der Waals surface area contributed by atoms with E-state index in [0.29, 0.717) is 5.56 Å². The summed E-state index contributed by atoms with van der Waals surface area (Å²) in [7, 11) is 0. The second kappa shape index (κ2) is 10.2. The van der Waals surface area contributed by atoms with Gasteiger partial charge in [-0.05, 0) is 65.4 Å². The SMILES string of the molecule is Cc1ccc2cc(C(c3nnnn3C3CCCCC3)N3CCN(c4nc5ccccc5s4)CC3)c(=O)[nH]c2c1. The Kier molecular flexibility index (Phi) is 6.36. The first-order valence-electron chi connectivity index (χ1n) is 13.9. The summed E-state index contributed by atoms with van der Waals surface area (Å²) in [5, 5.41) is 15.2. The van der Waals surface area contributed by atoms with E-state index in [-0.39, 0.29) is 17.6 Å². The smallest absolute Gasteiger partial charge is 0.253 e. The molecule has 1 unspecified atom stereocenters. The zero-order valence-electron chi connectivity index (χ0n) is 22.1. The van der Waals surface area contributed by atoms with Crippen molar-refractivity contribution in [1.82, 2.24) is 35.1 Å². The number of benzene rings is 2. The highest BCUT2D eigenvalue weighted by Gasteiger charge is 2.35. The number of hydrogen-bond donors (Lipinski definition) is 1. The fraction of sp³-hybridized carbons (Fsp3) is 0.414. The van der Waals surface area contributed by atoms with Gasteiger partial charge in [0.25, 0.3) is 5.56 Å². The van der Waals surface area contributed by atoms with Crippen LogP contribution in [0.2, 0.25) is 0 Å². The molecule has 0 spiro atoms. The van der Waals surface area contributed by atoms with E-state index >= 15 is 0 Å². The molecule has 2 aliphatic rings. The predicted molar refractivity (Wildman–Crippen MR) is 154 cm³/mol. The number of pyridine rings is 1. The molecule has 3 aromatic heterocycles. The van der Waals surface area contributed by atoms with Crippen LogP contribution >= 0.6 is 11.3 Å². The van der Waals surface area contributed by atoms with Crippen molar-refractivity contribution in [2.75, 3.05) is 31.1 Å². The van der Waals surface area contributed by atoms with Gasteiger partial charge in [-0.25, -0.2) is 9.67 Å². The standard InChI is InChI=1S/C29H32N8OS/c1-19-11-12-20-18-22(28(38)30-24(20)17-19)26(27-32-33-34-37(27)21-7-3-2-4-8-21)35-13-15-36(16-14-35)29-31-23-9-5-6-10-25(23)39-29/h5-6,9-12,17-18,21,26H,2-4,7-8,13-16H2,1H3,(H,30,38). The molecule has 1 saturated heterocycles. The zero-order chi connectivity index (χ0) is 26.3. The number of piperazine rings is 1. The highest BCUT2D eigenvalue weighted by molar-refractivity contribution is 7.22. The van der Waals surface area contributed by atoms with E-state index in [4.69, 9.17) is 4.98 Å². The number of H-pyrrole nitrogens is 1. The molecule has 0 bridgehead atoms. The van der Waals surface area contributed by atoms with Gasteiger partial charge in [0.15, 0.2) is 11.0 Å². The number of nitrogens with one attached hydrogen (secondary N) is 1. The molecule has 10 heteroatoms. The van der Waals surface area contributed by atoms with Gasteiger partial charge < -0.3 is 9.88 Å². The molecule has 39 heavy (non-hydrogen) atoms. The number of anilines is 1. The van der Waals surface area contributed by atoms with Crippen molar-refractivity contribution in [2.45, 2.75) is 51.1 Å². The molecule has 1 aliphatic carbocycles. The van der Waals surface area contributed by atoms with Crippen molar-refractivity contribution < 1.29 is 0 Å². The maximum atomic E-state index is 13.6. The van der Waals surface area contributed by atoms with E-state index in [2.05, 4.69) is 60.6 Å². The normalized spacial score (nSPS) is 18.2. The molecule has 1 atom stereocenters. The van der Waals surface area contributed by atoms with E-state index < -0.39 is 0 Å². The minimum Gasteiger partial charge on any atom is -0.345 e. The molecular formula is C29H32N8OS. The fourth-order valence-corrected chi connectivity index (χ4v) is 7.18. The molecule has 2 aromatic carbocycles. The van der Waals surface area contributed by atoms with Gasteiger partial charge in [-0.1, -0.05) is 54.9 Å². The summed E-state index contributed by atoms with van der Waals surface area (Å²) < 4.78 is 3.22. The first-order chi connectivity index (χ1) is 19.1. The third-order valence-corrected chi connectivity index (χ3v) is 9.34. The van der Waals surface area contributed by atoms with Gasteiger partial charge in [0.05, 0.1) is 16.3 Å². The highest BCUT2D eigenvalue weighted by atomic mass is 32.1. The van der Waals surface area contributed by atoms with Crippen molar-refractivity contribution in [3.8, 4) is 0 Å². The Morgan fingerprint density at radius 2 is 1.82 bits per heavy atom. The number of hydrogen-bond acceptors (Lipinski definition) is 8. The Morgan fingerprint density at radius 3 is 2.64 bits per heavy atom. The average Bonchev–Trinajstić information content (AvgIpc) is 3.62. The molecule has 0 amide bonds.